The molecule has 1 aliphatic heterocycles. The smallest absolute Gasteiger partial charge is 0.253 e. The zero-order chi connectivity index (χ0) is 22.1. The Hall–Kier alpha value is -3.29. The standard InChI is InChI=1S/C24H22ClN5O2/c1-16-2-4-17(5-3-16)23-27-22(32-28-23)15-29-10-12-30(13-11-29)24(31)19-6-8-20-18(14-19)7-9-21(25)26-20/h2-9,14H,10-13,15H2,1H3. The number of aryl methyl sites for hydroxylation is 1. The highest BCUT2D eigenvalue weighted by Gasteiger charge is 2.23. The minimum Gasteiger partial charge on any atom is -0.338 e. The SMILES string of the molecule is Cc1ccc(-c2noc(CN3CCN(C(=O)c4ccc5nc(Cl)ccc5c4)CC3)n2)cc1. The molecule has 2 aromatic heterocycles. The van der Waals surface area contributed by atoms with E-state index in [4.69, 9.17) is 16.1 Å². The Morgan fingerprint density at radius 1 is 1.00 bits per heavy atom. The zero-order valence-electron chi connectivity index (χ0n) is 17.7. The van der Waals surface area contributed by atoms with Crippen LogP contribution in [0.1, 0.15) is 21.8 Å². The summed E-state index contributed by atoms with van der Waals surface area (Å²) in [4.78, 5) is 25.9. The molecule has 7 nitrogen and oxygen atoms in total. The highest BCUT2D eigenvalue weighted by atomic mass is 35.5. The Labute approximate surface area is 190 Å². The lowest BCUT2D eigenvalue weighted by Crippen LogP contribution is -2.48. The van der Waals surface area contributed by atoms with Gasteiger partial charge in [-0.2, -0.15) is 4.98 Å². The van der Waals surface area contributed by atoms with Crippen LogP contribution in [0.3, 0.4) is 0 Å². The van der Waals surface area contributed by atoms with E-state index >= 15 is 0 Å². The lowest BCUT2D eigenvalue weighted by molar-refractivity contribution is 0.0615. The predicted molar refractivity (Wildman–Crippen MR) is 122 cm³/mol. The van der Waals surface area contributed by atoms with Crippen molar-refractivity contribution in [3.05, 3.63) is 76.8 Å². The molecule has 0 atom stereocenters. The van der Waals surface area contributed by atoms with E-state index in [2.05, 4.69) is 20.0 Å². The van der Waals surface area contributed by atoms with E-state index in [1.807, 2.05) is 60.4 Å². The monoisotopic (exact) mass is 447 g/mol. The lowest BCUT2D eigenvalue weighted by Gasteiger charge is -2.34. The molecule has 0 saturated carbocycles. The highest BCUT2D eigenvalue weighted by molar-refractivity contribution is 6.29. The van der Waals surface area contributed by atoms with Crippen molar-refractivity contribution in [3.63, 3.8) is 0 Å². The fourth-order valence-corrected chi connectivity index (χ4v) is 4.01. The predicted octanol–water partition coefficient (Wildman–Crippen LogP) is 4.20. The molecule has 32 heavy (non-hydrogen) atoms. The Morgan fingerprint density at radius 2 is 1.78 bits per heavy atom. The lowest BCUT2D eigenvalue weighted by atomic mass is 10.1. The third-order valence-electron chi connectivity index (χ3n) is 5.70. The summed E-state index contributed by atoms with van der Waals surface area (Å²) >= 11 is 5.95. The number of hydrogen-bond donors (Lipinski definition) is 0. The van der Waals surface area contributed by atoms with Gasteiger partial charge in [-0.25, -0.2) is 4.98 Å². The Bertz CT molecular complexity index is 1260. The van der Waals surface area contributed by atoms with E-state index in [9.17, 15) is 4.79 Å². The van der Waals surface area contributed by atoms with Gasteiger partial charge in [0.15, 0.2) is 0 Å². The first-order valence-electron chi connectivity index (χ1n) is 10.5. The van der Waals surface area contributed by atoms with Gasteiger partial charge in [-0.15, -0.1) is 0 Å². The van der Waals surface area contributed by atoms with Crippen molar-refractivity contribution in [3.8, 4) is 11.4 Å². The number of hydrogen-bond acceptors (Lipinski definition) is 6. The summed E-state index contributed by atoms with van der Waals surface area (Å²) in [6, 6.07) is 17.2. The average Bonchev–Trinajstić information content (AvgIpc) is 3.27. The second-order valence-corrected chi connectivity index (χ2v) is 8.37. The second kappa shape index (κ2) is 8.68. The van der Waals surface area contributed by atoms with Crippen LogP contribution in [0.4, 0.5) is 0 Å². The number of carbonyl (C=O) groups is 1. The first-order valence-corrected chi connectivity index (χ1v) is 10.9. The van der Waals surface area contributed by atoms with Crippen molar-refractivity contribution >= 4 is 28.4 Å². The summed E-state index contributed by atoms with van der Waals surface area (Å²) in [6.45, 7) is 5.41. The van der Waals surface area contributed by atoms with E-state index in [-0.39, 0.29) is 5.91 Å². The first kappa shape index (κ1) is 20.6. The number of rotatable bonds is 4. The van der Waals surface area contributed by atoms with Gasteiger partial charge in [-0.3, -0.25) is 9.69 Å². The molecule has 0 unspecified atom stereocenters. The van der Waals surface area contributed by atoms with Crippen molar-refractivity contribution in [1.29, 1.82) is 0 Å². The third-order valence-corrected chi connectivity index (χ3v) is 5.91. The number of halogens is 1. The van der Waals surface area contributed by atoms with Crippen molar-refractivity contribution < 1.29 is 9.32 Å². The molecule has 8 heteroatoms. The van der Waals surface area contributed by atoms with E-state index in [1.54, 1.807) is 6.07 Å². The molecule has 0 spiro atoms. The molecular weight excluding hydrogens is 426 g/mol. The number of piperazine rings is 1. The molecule has 1 saturated heterocycles. The van der Waals surface area contributed by atoms with Gasteiger partial charge in [0.1, 0.15) is 5.15 Å². The molecular formula is C24H22ClN5O2. The molecule has 1 aliphatic rings. The van der Waals surface area contributed by atoms with Crippen molar-refractivity contribution in [1.82, 2.24) is 24.9 Å². The Morgan fingerprint density at radius 3 is 2.56 bits per heavy atom. The van der Waals surface area contributed by atoms with Crippen molar-refractivity contribution in [2.75, 3.05) is 26.2 Å². The maximum absolute atomic E-state index is 13.0. The van der Waals surface area contributed by atoms with Crippen LogP contribution in [0.2, 0.25) is 5.15 Å². The molecule has 0 N–H and O–H groups in total. The van der Waals surface area contributed by atoms with Crippen LogP contribution >= 0.6 is 11.6 Å². The van der Waals surface area contributed by atoms with Crippen LogP contribution in [0.15, 0.2) is 59.1 Å². The first-order chi connectivity index (χ1) is 15.5. The average molecular weight is 448 g/mol. The highest BCUT2D eigenvalue weighted by Crippen LogP contribution is 2.20. The molecule has 4 aromatic rings. The number of pyridine rings is 1. The van der Waals surface area contributed by atoms with Crippen molar-refractivity contribution in [2.24, 2.45) is 0 Å². The molecule has 1 fully saturated rings. The number of benzene rings is 2. The summed E-state index contributed by atoms with van der Waals surface area (Å²) in [5, 5.41) is 5.45. The van der Waals surface area contributed by atoms with Crippen LogP contribution in [-0.2, 0) is 6.54 Å². The van der Waals surface area contributed by atoms with Crippen LogP contribution in [0.25, 0.3) is 22.3 Å². The summed E-state index contributed by atoms with van der Waals surface area (Å²) < 4.78 is 5.45. The van der Waals surface area contributed by atoms with Crippen LogP contribution < -0.4 is 0 Å². The van der Waals surface area contributed by atoms with Crippen LogP contribution in [-0.4, -0.2) is 57.0 Å². The Kier molecular flexibility index (Phi) is 5.59. The molecule has 0 bridgehead atoms. The van der Waals surface area contributed by atoms with Gasteiger partial charge in [-0.05, 0) is 37.3 Å². The molecule has 3 heterocycles. The fourth-order valence-electron chi connectivity index (χ4n) is 3.86. The van der Waals surface area contributed by atoms with Gasteiger partial charge in [0.2, 0.25) is 11.7 Å². The molecule has 162 valence electrons. The second-order valence-electron chi connectivity index (χ2n) is 7.99. The quantitative estimate of drug-likeness (QED) is 0.436. The van der Waals surface area contributed by atoms with Gasteiger partial charge in [-0.1, -0.05) is 46.6 Å². The van der Waals surface area contributed by atoms with Gasteiger partial charge < -0.3 is 9.42 Å². The van der Waals surface area contributed by atoms with E-state index < -0.39 is 0 Å². The molecule has 2 aromatic carbocycles. The van der Waals surface area contributed by atoms with E-state index in [1.165, 1.54) is 5.56 Å². The van der Waals surface area contributed by atoms with Gasteiger partial charge >= 0.3 is 0 Å². The number of nitrogens with zero attached hydrogens (tertiary/aromatic N) is 5. The molecule has 5 rings (SSSR count). The minimum absolute atomic E-state index is 0.0287. The molecule has 0 radical (unpaired) electrons. The van der Waals surface area contributed by atoms with Gasteiger partial charge in [0.05, 0.1) is 12.1 Å². The maximum Gasteiger partial charge on any atom is 0.253 e. The summed E-state index contributed by atoms with van der Waals surface area (Å²) in [5.41, 5.74) is 3.57. The topological polar surface area (TPSA) is 75.4 Å². The van der Waals surface area contributed by atoms with E-state index in [0.717, 1.165) is 29.6 Å². The Balaban J connectivity index is 1.19. The summed E-state index contributed by atoms with van der Waals surface area (Å²) in [6.07, 6.45) is 0. The fraction of sp³-hybridized carbons (Fsp3) is 0.250. The van der Waals surface area contributed by atoms with Gasteiger partial charge in [0, 0.05) is 42.7 Å². The largest absolute Gasteiger partial charge is 0.338 e. The van der Waals surface area contributed by atoms with Crippen molar-refractivity contribution in [2.45, 2.75) is 13.5 Å². The zero-order valence-corrected chi connectivity index (χ0v) is 18.4. The van der Waals surface area contributed by atoms with Crippen LogP contribution in [0.5, 0.6) is 0 Å². The summed E-state index contributed by atoms with van der Waals surface area (Å²) in [5.74, 6) is 1.21. The number of carbonyl (C=O) groups excluding carboxylic acids is 1. The number of amides is 1. The summed E-state index contributed by atoms with van der Waals surface area (Å²) in [7, 11) is 0. The maximum atomic E-state index is 13.0. The van der Waals surface area contributed by atoms with Gasteiger partial charge in [0.25, 0.3) is 5.91 Å². The molecule has 1 amide bonds. The number of fused-ring (bicyclic) bond motifs is 1. The number of aromatic nitrogens is 3. The molecule has 0 aliphatic carbocycles. The third kappa shape index (κ3) is 4.35. The van der Waals surface area contributed by atoms with E-state index in [0.29, 0.717) is 42.1 Å². The minimum atomic E-state index is 0.0287. The van der Waals surface area contributed by atoms with Crippen LogP contribution in [0, 0.1) is 6.92 Å². The normalized spacial score (nSPS) is 14.8.